The van der Waals surface area contributed by atoms with Crippen LogP contribution in [0.2, 0.25) is 0 Å². The van der Waals surface area contributed by atoms with Crippen molar-refractivity contribution < 1.29 is 19.0 Å². The topological polar surface area (TPSA) is 44.8 Å². The Hall–Kier alpha value is -0.870. The summed E-state index contributed by atoms with van der Waals surface area (Å²) in [5.74, 6) is -0.298. The monoisotopic (exact) mass is 308 g/mol. The van der Waals surface area contributed by atoms with Crippen molar-refractivity contribution in [3.63, 3.8) is 0 Å². The fourth-order valence-corrected chi connectivity index (χ4v) is 5.13. The first kappa shape index (κ1) is 16.0. The summed E-state index contributed by atoms with van der Waals surface area (Å²) in [6.07, 6.45) is 4.92. The highest BCUT2D eigenvalue weighted by Crippen LogP contribution is 2.69. The van der Waals surface area contributed by atoms with E-state index >= 15 is 0 Å². The Morgan fingerprint density at radius 1 is 1.05 bits per heavy atom. The molecule has 0 amide bonds. The fraction of sp³-hybridized carbons (Fsp3) is 0.833. The number of hydrogen-bond donors (Lipinski definition) is 0. The van der Waals surface area contributed by atoms with Crippen molar-refractivity contribution in [2.24, 2.45) is 16.2 Å². The van der Waals surface area contributed by atoms with Gasteiger partial charge in [-0.25, -0.2) is 0 Å². The number of methoxy groups -OCH3 is 1. The van der Waals surface area contributed by atoms with Gasteiger partial charge < -0.3 is 14.2 Å². The molecule has 2 unspecified atom stereocenters. The second kappa shape index (κ2) is 4.81. The van der Waals surface area contributed by atoms with Gasteiger partial charge in [-0.15, -0.1) is 0 Å². The first-order valence-corrected chi connectivity index (χ1v) is 8.29. The van der Waals surface area contributed by atoms with Crippen LogP contribution in [0.5, 0.6) is 0 Å². The van der Waals surface area contributed by atoms with E-state index < -0.39 is 5.79 Å². The lowest BCUT2D eigenvalue weighted by molar-refractivity contribution is -0.308. The lowest BCUT2D eigenvalue weighted by Gasteiger charge is -2.65. The Balaban J connectivity index is 2.06. The third-order valence-electron chi connectivity index (χ3n) is 7.20. The molecule has 1 spiro atoms. The molecule has 1 aliphatic heterocycles. The van der Waals surface area contributed by atoms with Crippen LogP contribution in [0.25, 0.3) is 0 Å². The molecule has 1 heterocycles. The van der Waals surface area contributed by atoms with Crippen LogP contribution < -0.4 is 0 Å². The molecular weight excluding hydrogens is 280 g/mol. The van der Waals surface area contributed by atoms with Crippen LogP contribution in [0, 0.1) is 16.2 Å². The minimum Gasteiger partial charge on any atom is -0.504 e. The second-order valence-electron chi connectivity index (χ2n) is 7.95. The second-order valence-corrected chi connectivity index (χ2v) is 7.95. The van der Waals surface area contributed by atoms with Gasteiger partial charge in [0.1, 0.15) is 0 Å². The first-order chi connectivity index (χ1) is 10.2. The molecule has 124 valence electrons. The van der Waals surface area contributed by atoms with Gasteiger partial charge >= 0.3 is 0 Å². The summed E-state index contributed by atoms with van der Waals surface area (Å²) in [5.41, 5.74) is 0.0461. The fourth-order valence-electron chi connectivity index (χ4n) is 5.13. The summed E-state index contributed by atoms with van der Waals surface area (Å²) in [6, 6.07) is 0. The van der Waals surface area contributed by atoms with Crippen LogP contribution >= 0.6 is 0 Å². The van der Waals surface area contributed by atoms with E-state index in [9.17, 15) is 4.79 Å². The predicted molar refractivity (Wildman–Crippen MR) is 83.2 cm³/mol. The zero-order chi connectivity index (χ0) is 16.2. The largest absolute Gasteiger partial charge is 0.504 e. The number of ketones is 1. The molecule has 2 aliphatic carbocycles. The molecule has 0 aromatic rings. The van der Waals surface area contributed by atoms with Crippen molar-refractivity contribution in [3.05, 3.63) is 11.8 Å². The molecule has 0 aromatic carbocycles. The molecule has 0 radical (unpaired) electrons. The summed E-state index contributed by atoms with van der Waals surface area (Å²) < 4.78 is 17.3. The molecular formula is C18H28O4. The number of carbonyl (C=O) groups excluding carboxylic acids is 1. The molecule has 2 atom stereocenters. The summed E-state index contributed by atoms with van der Waals surface area (Å²) in [5, 5.41) is 0. The summed E-state index contributed by atoms with van der Waals surface area (Å²) in [6.45, 7) is 10.1. The highest BCUT2D eigenvalue weighted by molar-refractivity contribution is 6.01. The average Bonchev–Trinajstić information content (AvgIpc) is 2.95. The van der Waals surface area contributed by atoms with Crippen molar-refractivity contribution in [1.82, 2.24) is 0 Å². The van der Waals surface area contributed by atoms with Gasteiger partial charge in [-0.05, 0) is 24.7 Å². The molecule has 3 aliphatic rings. The molecule has 3 fully saturated rings. The third kappa shape index (κ3) is 1.68. The van der Waals surface area contributed by atoms with Crippen LogP contribution in [-0.2, 0) is 19.0 Å². The van der Waals surface area contributed by atoms with Crippen molar-refractivity contribution in [2.75, 3.05) is 20.3 Å². The van der Waals surface area contributed by atoms with Crippen molar-refractivity contribution in [1.29, 1.82) is 0 Å². The Morgan fingerprint density at radius 2 is 1.68 bits per heavy atom. The van der Waals surface area contributed by atoms with Crippen molar-refractivity contribution in [3.8, 4) is 0 Å². The number of rotatable bonds is 1. The number of carbonyl (C=O) groups is 1. The molecule has 4 heteroatoms. The Bertz CT molecular complexity index is 515. The highest BCUT2D eigenvalue weighted by Gasteiger charge is 2.70. The van der Waals surface area contributed by atoms with E-state index in [0.29, 0.717) is 13.2 Å². The van der Waals surface area contributed by atoms with Gasteiger partial charge in [-0.1, -0.05) is 27.7 Å². The number of Topliss-reactive ketones (excluding diaryl/α,β-unsaturated/α-hetero) is 1. The van der Waals surface area contributed by atoms with E-state index in [1.54, 1.807) is 13.4 Å². The smallest absolute Gasteiger partial charge is 0.174 e. The maximum atomic E-state index is 13.1. The van der Waals surface area contributed by atoms with Gasteiger partial charge in [0.25, 0.3) is 0 Å². The van der Waals surface area contributed by atoms with E-state index in [2.05, 4.69) is 27.7 Å². The lowest BCUT2D eigenvalue weighted by Crippen LogP contribution is -2.67. The van der Waals surface area contributed by atoms with Gasteiger partial charge in [-0.3, -0.25) is 4.79 Å². The van der Waals surface area contributed by atoms with Crippen LogP contribution in [0.4, 0.5) is 0 Å². The van der Waals surface area contributed by atoms with Crippen LogP contribution in [-0.4, -0.2) is 31.9 Å². The standard InChI is InChI=1S/C18H28O4/c1-15(2)17(4)7-6-13(12-20-5)14(19)16(17,3)8-9-18(15)21-10-11-22-18/h12H,6-11H2,1-5H3. The van der Waals surface area contributed by atoms with Gasteiger partial charge in [0.2, 0.25) is 0 Å². The first-order valence-electron chi connectivity index (χ1n) is 8.29. The quantitative estimate of drug-likeness (QED) is 0.550. The van der Waals surface area contributed by atoms with Crippen LogP contribution in [0.1, 0.15) is 53.4 Å². The van der Waals surface area contributed by atoms with Gasteiger partial charge in [0.05, 0.1) is 26.6 Å². The van der Waals surface area contributed by atoms with Crippen LogP contribution in [0.3, 0.4) is 0 Å². The van der Waals surface area contributed by atoms with Crippen LogP contribution in [0.15, 0.2) is 11.8 Å². The van der Waals surface area contributed by atoms with E-state index in [-0.39, 0.29) is 22.0 Å². The highest BCUT2D eigenvalue weighted by atomic mass is 16.7. The number of ether oxygens (including phenoxy) is 3. The molecule has 22 heavy (non-hydrogen) atoms. The molecule has 4 nitrogen and oxygen atoms in total. The normalized spacial score (nSPS) is 41.7. The number of fused-ring (bicyclic) bond motifs is 1. The molecule has 1 saturated heterocycles. The average molecular weight is 308 g/mol. The van der Waals surface area contributed by atoms with E-state index in [0.717, 1.165) is 31.3 Å². The molecule has 2 saturated carbocycles. The van der Waals surface area contributed by atoms with Crippen molar-refractivity contribution >= 4 is 5.78 Å². The molecule has 0 bridgehead atoms. The predicted octanol–water partition coefficient (Wildman–Crippen LogP) is 3.46. The Kier molecular flexibility index (Phi) is 3.50. The molecule has 0 N–H and O–H groups in total. The Morgan fingerprint density at radius 3 is 2.27 bits per heavy atom. The summed E-state index contributed by atoms with van der Waals surface area (Å²) in [4.78, 5) is 13.1. The van der Waals surface area contributed by atoms with E-state index in [1.807, 2.05) is 0 Å². The minimum atomic E-state index is -0.538. The SMILES string of the molecule is COC=C1CCC2(C)C(C)(CCC3(OCCO3)C2(C)C)C1=O. The third-order valence-corrected chi connectivity index (χ3v) is 7.20. The maximum absolute atomic E-state index is 13.1. The minimum absolute atomic E-state index is 0.162. The lowest BCUT2D eigenvalue weighted by atomic mass is 9.40. The molecule has 0 aromatic heterocycles. The van der Waals surface area contributed by atoms with Gasteiger partial charge in [-0.2, -0.15) is 0 Å². The Labute approximate surface area is 133 Å². The summed E-state index contributed by atoms with van der Waals surface area (Å²) >= 11 is 0. The zero-order valence-corrected chi connectivity index (χ0v) is 14.5. The van der Waals surface area contributed by atoms with Gasteiger partial charge in [0, 0.05) is 22.8 Å². The van der Waals surface area contributed by atoms with E-state index in [4.69, 9.17) is 14.2 Å². The maximum Gasteiger partial charge on any atom is 0.174 e. The number of hydrogen-bond acceptors (Lipinski definition) is 4. The van der Waals surface area contributed by atoms with Gasteiger partial charge in [0.15, 0.2) is 11.6 Å². The number of allylic oxidation sites excluding steroid dienone is 1. The van der Waals surface area contributed by atoms with E-state index in [1.165, 1.54) is 0 Å². The molecule has 3 rings (SSSR count). The van der Waals surface area contributed by atoms with Crippen molar-refractivity contribution in [2.45, 2.75) is 59.2 Å². The zero-order valence-electron chi connectivity index (χ0n) is 14.5. The summed E-state index contributed by atoms with van der Waals surface area (Å²) in [7, 11) is 1.61.